The van der Waals surface area contributed by atoms with E-state index in [2.05, 4.69) is 20.6 Å². The molecule has 6 aromatic rings. The number of nitrogens with one attached hydrogen (secondary N) is 1. The number of hydrogen-bond donors (Lipinski definition) is 1. The van der Waals surface area contributed by atoms with E-state index in [0.717, 1.165) is 28.1 Å². The Labute approximate surface area is 223 Å². The average molecular weight is 519 g/mol. The van der Waals surface area contributed by atoms with Gasteiger partial charge in [0.05, 0.1) is 5.69 Å². The van der Waals surface area contributed by atoms with Gasteiger partial charge in [0.25, 0.3) is 5.56 Å². The van der Waals surface area contributed by atoms with Gasteiger partial charge in [0.15, 0.2) is 17.0 Å². The van der Waals surface area contributed by atoms with E-state index in [9.17, 15) is 9.59 Å². The standard InChI is InChI=1S/C29H26N8O2/c1-18(2)26-30-27-24(28(38)37(29(39)35(27)3)21-9-5-4-6-10-21)36(26)17-19-13-15-20(16-14-19)22-11-7-8-12-23(22)25-31-33-34-32-25/h4-16,18H,17H2,1-3H3,(H,31,32,33,34). The number of H-pyrrole nitrogens is 1. The van der Waals surface area contributed by atoms with Gasteiger partial charge in [-0.25, -0.2) is 19.4 Å². The Balaban J connectivity index is 1.46. The van der Waals surface area contributed by atoms with Gasteiger partial charge in [-0.1, -0.05) is 80.6 Å². The SMILES string of the molecule is CC(C)c1nc2c(c(=O)n(-c3ccccc3)c(=O)n2C)n1Cc1ccc(-c2ccccc2-c2nnn[nH]2)cc1. The maximum Gasteiger partial charge on any atom is 0.337 e. The molecule has 0 atom stereocenters. The zero-order valence-electron chi connectivity index (χ0n) is 21.7. The van der Waals surface area contributed by atoms with Crippen LogP contribution in [0, 0.1) is 0 Å². The number of fused-ring (bicyclic) bond motifs is 1. The zero-order valence-corrected chi connectivity index (χ0v) is 21.7. The number of para-hydroxylation sites is 1. The second-order valence-electron chi connectivity index (χ2n) is 9.69. The highest BCUT2D eigenvalue weighted by atomic mass is 16.2. The molecule has 0 saturated carbocycles. The lowest BCUT2D eigenvalue weighted by atomic mass is 9.98. The number of hydrogen-bond acceptors (Lipinski definition) is 6. The molecule has 10 heteroatoms. The van der Waals surface area contributed by atoms with Crippen LogP contribution in [0.2, 0.25) is 0 Å². The van der Waals surface area contributed by atoms with Crippen LogP contribution < -0.4 is 11.2 Å². The Morgan fingerprint density at radius 1 is 0.872 bits per heavy atom. The van der Waals surface area contributed by atoms with E-state index in [1.54, 1.807) is 31.3 Å². The molecule has 0 aliphatic carbocycles. The van der Waals surface area contributed by atoms with Crippen molar-refractivity contribution in [3.05, 3.63) is 111 Å². The largest absolute Gasteiger partial charge is 0.337 e. The van der Waals surface area contributed by atoms with E-state index in [1.165, 1.54) is 9.13 Å². The molecule has 0 radical (unpaired) electrons. The van der Waals surface area contributed by atoms with Gasteiger partial charge in [-0.15, -0.1) is 5.10 Å². The fourth-order valence-corrected chi connectivity index (χ4v) is 4.93. The summed E-state index contributed by atoms with van der Waals surface area (Å²) in [6.07, 6.45) is 0. The number of aromatic nitrogens is 8. The number of aromatic amines is 1. The van der Waals surface area contributed by atoms with Gasteiger partial charge >= 0.3 is 5.69 Å². The molecule has 39 heavy (non-hydrogen) atoms. The Bertz CT molecular complexity index is 1900. The molecule has 3 heterocycles. The van der Waals surface area contributed by atoms with Crippen LogP contribution in [0.25, 0.3) is 39.4 Å². The molecule has 0 fully saturated rings. The molecular formula is C29H26N8O2. The van der Waals surface area contributed by atoms with E-state index in [0.29, 0.717) is 29.2 Å². The lowest BCUT2D eigenvalue weighted by molar-refractivity contribution is 0.681. The summed E-state index contributed by atoms with van der Waals surface area (Å²) in [6, 6.07) is 25.1. The Kier molecular flexibility index (Phi) is 5.99. The first kappa shape index (κ1) is 24.2. The topological polar surface area (TPSA) is 116 Å². The fraction of sp³-hybridized carbons (Fsp3) is 0.172. The van der Waals surface area contributed by atoms with Crippen molar-refractivity contribution in [3.8, 4) is 28.2 Å². The van der Waals surface area contributed by atoms with Crippen molar-refractivity contribution in [3.63, 3.8) is 0 Å². The lowest BCUT2D eigenvalue weighted by Gasteiger charge is -2.13. The number of aryl methyl sites for hydroxylation is 1. The summed E-state index contributed by atoms with van der Waals surface area (Å²) in [7, 11) is 1.65. The van der Waals surface area contributed by atoms with Crippen molar-refractivity contribution in [1.82, 2.24) is 39.3 Å². The summed E-state index contributed by atoms with van der Waals surface area (Å²) in [5.41, 5.74) is 4.41. The molecular weight excluding hydrogens is 492 g/mol. The normalized spacial score (nSPS) is 11.5. The molecule has 1 N–H and O–H groups in total. The third-order valence-corrected chi connectivity index (χ3v) is 6.84. The minimum atomic E-state index is -0.427. The molecule has 0 aliphatic rings. The Hall–Kier alpha value is -5.12. The molecule has 6 rings (SSSR count). The van der Waals surface area contributed by atoms with Crippen LogP contribution in [-0.4, -0.2) is 39.3 Å². The Morgan fingerprint density at radius 3 is 2.23 bits per heavy atom. The van der Waals surface area contributed by atoms with Crippen LogP contribution in [-0.2, 0) is 13.6 Å². The lowest BCUT2D eigenvalue weighted by Crippen LogP contribution is -2.38. The highest BCUT2D eigenvalue weighted by Crippen LogP contribution is 2.30. The summed E-state index contributed by atoms with van der Waals surface area (Å²) in [5, 5.41) is 14.3. The first-order chi connectivity index (χ1) is 18.9. The quantitative estimate of drug-likeness (QED) is 0.357. The number of tetrazole rings is 1. The van der Waals surface area contributed by atoms with Crippen molar-refractivity contribution in [2.24, 2.45) is 7.05 Å². The van der Waals surface area contributed by atoms with Crippen molar-refractivity contribution < 1.29 is 0 Å². The van der Waals surface area contributed by atoms with Gasteiger partial charge in [0.2, 0.25) is 0 Å². The molecule has 0 unspecified atom stereocenters. The first-order valence-corrected chi connectivity index (χ1v) is 12.6. The summed E-state index contributed by atoms with van der Waals surface area (Å²) in [4.78, 5) is 31.8. The van der Waals surface area contributed by atoms with Gasteiger partial charge in [-0.05, 0) is 39.2 Å². The van der Waals surface area contributed by atoms with Crippen LogP contribution in [0.1, 0.15) is 31.2 Å². The van der Waals surface area contributed by atoms with E-state index in [1.807, 2.05) is 73.0 Å². The van der Waals surface area contributed by atoms with Crippen LogP contribution >= 0.6 is 0 Å². The third-order valence-electron chi connectivity index (χ3n) is 6.84. The zero-order chi connectivity index (χ0) is 27.1. The second kappa shape index (κ2) is 9.64. The van der Waals surface area contributed by atoms with E-state index in [-0.39, 0.29) is 11.5 Å². The van der Waals surface area contributed by atoms with Crippen molar-refractivity contribution in [2.75, 3.05) is 0 Å². The monoisotopic (exact) mass is 518 g/mol. The van der Waals surface area contributed by atoms with Crippen LogP contribution in [0.5, 0.6) is 0 Å². The maximum absolute atomic E-state index is 13.8. The van der Waals surface area contributed by atoms with Gasteiger partial charge in [-0.2, -0.15) is 0 Å². The molecule has 0 amide bonds. The molecule has 0 bridgehead atoms. The molecule has 0 saturated heterocycles. The first-order valence-electron chi connectivity index (χ1n) is 12.6. The number of nitrogens with zero attached hydrogens (tertiary/aromatic N) is 7. The summed E-state index contributed by atoms with van der Waals surface area (Å²) in [5.74, 6) is 1.38. The summed E-state index contributed by atoms with van der Waals surface area (Å²) in [6.45, 7) is 4.49. The number of imidazole rings is 1. The predicted molar refractivity (Wildman–Crippen MR) is 149 cm³/mol. The molecule has 3 aromatic heterocycles. The van der Waals surface area contributed by atoms with E-state index >= 15 is 0 Å². The molecule has 3 aromatic carbocycles. The van der Waals surface area contributed by atoms with Crippen LogP contribution in [0.15, 0.2) is 88.5 Å². The van der Waals surface area contributed by atoms with Gasteiger partial charge in [0, 0.05) is 25.1 Å². The molecule has 0 aliphatic heterocycles. The third kappa shape index (κ3) is 4.15. The van der Waals surface area contributed by atoms with Gasteiger partial charge in [-0.3, -0.25) is 9.36 Å². The minimum absolute atomic E-state index is 0.0405. The van der Waals surface area contributed by atoms with E-state index < -0.39 is 5.69 Å². The summed E-state index contributed by atoms with van der Waals surface area (Å²) >= 11 is 0. The van der Waals surface area contributed by atoms with Gasteiger partial charge in [0.1, 0.15) is 5.82 Å². The molecule has 10 nitrogen and oxygen atoms in total. The maximum atomic E-state index is 13.8. The fourth-order valence-electron chi connectivity index (χ4n) is 4.93. The van der Waals surface area contributed by atoms with Crippen molar-refractivity contribution in [1.29, 1.82) is 0 Å². The highest BCUT2D eigenvalue weighted by molar-refractivity contribution is 5.80. The van der Waals surface area contributed by atoms with Crippen molar-refractivity contribution >= 4 is 11.2 Å². The molecule has 194 valence electrons. The number of benzene rings is 3. The summed E-state index contributed by atoms with van der Waals surface area (Å²) < 4.78 is 4.60. The minimum Gasteiger partial charge on any atom is -0.317 e. The Morgan fingerprint density at radius 2 is 1.56 bits per heavy atom. The predicted octanol–water partition coefficient (Wildman–Crippen LogP) is 3.90. The van der Waals surface area contributed by atoms with Crippen LogP contribution in [0.3, 0.4) is 0 Å². The van der Waals surface area contributed by atoms with E-state index in [4.69, 9.17) is 4.98 Å². The molecule has 0 spiro atoms. The number of rotatable bonds is 6. The second-order valence-corrected chi connectivity index (χ2v) is 9.69. The highest BCUT2D eigenvalue weighted by Gasteiger charge is 2.22. The smallest absolute Gasteiger partial charge is 0.317 e. The average Bonchev–Trinajstić information content (AvgIpc) is 3.62. The van der Waals surface area contributed by atoms with Crippen molar-refractivity contribution in [2.45, 2.75) is 26.3 Å². The van der Waals surface area contributed by atoms with Crippen LogP contribution in [0.4, 0.5) is 0 Å². The van der Waals surface area contributed by atoms with Gasteiger partial charge < -0.3 is 4.57 Å².